The molecule has 1 heterocycles. The second-order valence-electron chi connectivity index (χ2n) is 1.14. The third kappa shape index (κ3) is 2.39. The molecule has 0 unspecified atom stereocenters. The maximum absolute atomic E-state index is 4.46. The third-order valence-corrected chi connectivity index (χ3v) is 0.567. The Hall–Kier alpha value is -0.790. The molecule has 0 aliphatic heterocycles. The first kappa shape index (κ1) is 7.21. The van der Waals surface area contributed by atoms with Crippen LogP contribution in [0.5, 0.6) is 0 Å². The van der Waals surface area contributed by atoms with Crippen LogP contribution in [-0.2, 0) is 0 Å². The van der Waals surface area contributed by atoms with Crippen LogP contribution >= 0.6 is 0 Å². The molecular formula is C6H11NO. The van der Waals surface area contributed by atoms with Gasteiger partial charge in [0.25, 0.3) is 0 Å². The Morgan fingerprint density at radius 3 is 2.25 bits per heavy atom. The van der Waals surface area contributed by atoms with Gasteiger partial charge in [0.05, 0.1) is 5.69 Å². The maximum atomic E-state index is 4.46. The van der Waals surface area contributed by atoms with E-state index in [0.29, 0.717) is 0 Å². The van der Waals surface area contributed by atoms with E-state index in [-0.39, 0.29) is 0 Å². The van der Waals surface area contributed by atoms with Gasteiger partial charge in [0.1, 0.15) is 6.26 Å². The zero-order valence-corrected chi connectivity index (χ0v) is 5.51. The summed E-state index contributed by atoms with van der Waals surface area (Å²) in [6.07, 6.45) is 1.55. The normalized spacial score (nSPS) is 7.38. The second kappa shape index (κ2) is 4.37. The molecule has 0 aliphatic carbocycles. The van der Waals surface area contributed by atoms with Crippen LogP contribution in [0, 0.1) is 6.92 Å². The Bertz CT molecular complexity index is 112. The Morgan fingerprint density at radius 2 is 2.12 bits per heavy atom. The molecule has 0 fully saturated rings. The fourth-order valence-electron chi connectivity index (χ4n) is 0.273. The van der Waals surface area contributed by atoms with Crippen molar-refractivity contribution in [3.63, 3.8) is 0 Å². The summed E-state index contributed by atoms with van der Waals surface area (Å²) in [6, 6.07) is 1.81. The molecule has 0 aromatic carbocycles. The highest BCUT2D eigenvalue weighted by atomic mass is 16.5. The largest absolute Gasteiger partial charge is 0.365 e. The summed E-state index contributed by atoms with van der Waals surface area (Å²) in [5.74, 6) is 0. The van der Waals surface area contributed by atoms with Gasteiger partial charge in [-0.15, -0.1) is 0 Å². The smallest absolute Gasteiger partial charge is 0.124 e. The van der Waals surface area contributed by atoms with Crippen molar-refractivity contribution in [2.75, 3.05) is 0 Å². The highest BCUT2D eigenvalue weighted by molar-refractivity contribution is 4.89. The SMILES string of the molecule is CC.Cc1ccon1. The van der Waals surface area contributed by atoms with Crippen LogP contribution in [0.1, 0.15) is 19.5 Å². The lowest BCUT2D eigenvalue weighted by Gasteiger charge is -1.62. The molecule has 0 atom stereocenters. The van der Waals surface area contributed by atoms with Crippen LogP contribution in [0.15, 0.2) is 16.9 Å². The molecule has 0 N–H and O–H groups in total. The number of aromatic nitrogens is 1. The van der Waals surface area contributed by atoms with E-state index in [2.05, 4.69) is 9.68 Å². The number of aryl methyl sites for hydroxylation is 1. The number of nitrogens with zero attached hydrogens (tertiary/aromatic N) is 1. The van der Waals surface area contributed by atoms with Gasteiger partial charge in [-0.25, -0.2) is 0 Å². The van der Waals surface area contributed by atoms with Crippen molar-refractivity contribution in [3.8, 4) is 0 Å². The molecule has 0 saturated carbocycles. The van der Waals surface area contributed by atoms with Gasteiger partial charge in [0.2, 0.25) is 0 Å². The van der Waals surface area contributed by atoms with Gasteiger partial charge in [-0.2, -0.15) is 0 Å². The Morgan fingerprint density at radius 1 is 1.50 bits per heavy atom. The van der Waals surface area contributed by atoms with Crippen LogP contribution in [-0.4, -0.2) is 5.16 Å². The molecule has 1 aromatic heterocycles. The van der Waals surface area contributed by atoms with E-state index < -0.39 is 0 Å². The average Bonchev–Trinajstić information content (AvgIpc) is 2.24. The lowest BCUT2D eigenvalue weighted by Crippen LogP contribution is -1.59. The molecule has 0 aliphatic rings. The second-order valence-corrected chi connectivity index (χ2v) is 1.14. The van der Waals surface area contributed by atoms with Gasteiger partial charge >= 0.3 is 0 Å². The summed E-state index contributed by atoms with van der Waals surface area (Å²) >= 11 is 0. The van der Waals surface area contributed by atoms with Gasteiger partial charge in [-0.05, 0) is 6.92 Å². The van der Waals surface area contributed by atoms with Crippen molar-refractivity contribution in [2.45, 2.75) is 20.8 Å². The topological polar surface area (TPSA) is 26.0 Å². The molecule has 2 heteroatoms. The predicted molar refractivity (Wildman–Crippen MR) is 32.6 cm³/mol. The Labute approximate surface area is 49.5 Å². The number of hydrogen-bond donors (Lipinski definition) is 0. The van der Waals surface area contributed by atoms with E-state index in [4.69, 9.17) is 0 Å². The first-order chi connectivity index (χ1) is 3.89. The van der Waals surface area contributed by atoms with E-state index in [1.165, 1.54) is 0 Å². The van der Waals surface area contributed by atoms with E-state index in [0.717, 1.165) is 5.69 Å². The van der Waals surface area contributed by atoms with Crippen LogP contribution in [0.25, 0.3) is 0 Å². The quantitative estimate of drug-likeness (QED) is 0.514. The van der Waals surface area contributed by atoms with Crippen molar-refractivity contribution in [1.29, 1.82) is 0 Å². The van der Waals surface area contributed by atoms with Crippen molar-refractivity contribution >= 4 is 0 Å². The first-order valence-electron chi connectivity index (χ1n) is 2.76. The molecule has 1 aromatic rings. The van der Waals surface area contributed by atoms with Gasteiger partial charge < -0.3 is 4.52 Å². The van der Waals surface area contributed by atoms with E-state index in [9.17, 15) is 0 Å². The Balaban J connectivity index is 0.000000222. The lowest BCUT2D eigenvalue weighted by atomic mass is 10.5. The molecule has 8 heavy (non-hydrogen) atoms. The molecule has 0 saturated heterocycles. The highest BCUT2D eigenvalue weighted by Gasteiger charge is 1.77. The number of hydrogen-bond acceptors (Lipinski definition) is 2. The number of rotatable bonds is 0. The van der Waals surface area contributed by atoms with Crippen molar-refractivity contribution in [3.05, 3.63) is 18.0 Å². The third-order valence-electron chi connectivity index (χ3n) is 0.567. The molecule has 0 radical (unpaired) electrons. The van der Waals surface area contributed by atoms with E-state index in [1.54, 1.807) is 12.3 Å². The molecule has 2 nitrogen and oxygen atoms in total. The van der Waals surface area contributed by atoms with Crippen molar-refractivity contribution in [1.82, 2.24) is 5.16 Å². The van der Waals surface area contributed by atoms with Crippen LogP contribution in [0.2, 0.25) is 0 Å². The fourth-order valence-corrected chi connectivity index (χ4v) is 0.273. The lowest BCUT2D eigenvalue weighted by molar-refractivity contribution is 0.415. The summed E-state index contributed by atoms with van der Waals surface area (Å²) in [5, 5.41) is 3.54. The maximum Gasteiger partial charge on any atom is 0.124 e. The van der Waals surface area contributed by atoms with Crippen LogP contribution in [0.4, 0.5) is 0 Å². The summed E-state index contributed by atoms with van der Waals surface area (Å²) in [5.41, 5.74) is 0.926. The standard InChI is InChI=1S/C4H5NO.C2H6/c1-4-2-3-6-5-4;1-2/h2-3H,1H3;1-2H3. The molecule has 1 rings (SSSR count). The minimum atomic E-state index is 0.926. The molecule has 0 spiro atoms. The van der Waals surface area contributed by atoms with Crippen molar-refractivity contribution < 1.29 is 4.52 Å². The Kier molecular flexibility index (Phi) is 3.94. The summed E-state index contributed by atoms with van der Waals surface area (Å²) in [6.45, 7) is 5.88. The summed E-state index contributed by atoms with van der Waals surface area (Å²) < 4.78 is 4.46. The zero-order chi connectivity index (χ0) is 6.41. The van der Waals surface area contributed by atoms with E-state index >= 15 is 0 Å². The zero-order valence-electron chi connectivity index (χ0n) is 5.51. The minimum absolute atomic E-state index is 0.926. The molecule has 46 valence electrons. The summed E-state index contributed by atoms with van der Waals surface area (Å²) in [7, 11) is 0. The fraction of sp³-hybridized carbons (Fsp3) is 0.500. The molecule has 0 amide bonds. The average molecular weight is 113 g/mol. The highest BCUT2D eigenvalue weighted by Crippen LogP contribution is 1.86. The minimum Gasteiger partial charge on any atom is -0.365 e. The van der Waals surface area contributed by atoms with Gasteiger partial charge in [0.15, 0.2) is 0 Å². The van der Waals surface area contributed by atoms with Gasteiger partial charge in [0, 0.05) is 6.07 Å². The monoisotopic (exact) mass is 113 g/mol. The van der Waals surface area contributed by atoms with Crippen LogP contribution < -0.4 is 0 Å². The molecule has 0 bridgehead atoms. The van der Waals surface area contributed by atoms with Crippen molar-refractivity contribution in [2.24, 2.45) is 0 Å². The van der Waals surface area contributed by atoms with Crippen LogP contribution in [0.3, 0.4) is 0 Å². The molecular weight excluding hydrogens is 102 g/mol. The predicted octanol–water partition coefficient (Wildman–Crippen LogP) is 2.01. The summed E-state index contributed by atoms with van der Waals surface area (Å²) in [4.78, 5) is 0. The van der Waals surface area contributed by atoms with Gasteiger partial charge in [-0.1, -0.05) is 19.0 Å². The first-order valence-corrected chi connectivity index (χ1v) is 2.76. The van der Waals surface area contributed by atoms with E-state index in [1.807, 2.05) is 20.8 Å². The van der Waals surface area contributed by atoms with Gasteiger partial charge in [-0.3, -0.25) is 0 Å².